The van der Waals surface area contributed by atoms with Crippen molar-refractivity contribution >= 4 is 11.8 Å². The second-order valence-electron chi connectivity index (χ2n) is 9.45. The molecule has 4 rings (SSSR count). The van der Waals surface area contributed by atoms with Crippen molar-refractivity contribution in [3.63, 3.8) is 0 Å². The van der Waals surface area contributed by atoms with E-state index in [2.05, 4.69) is 19.0 Å². The van der Waals surface area contributed by atoms with Gasteiger partial charge in [0.25, 0.3) is 0 Å². The summed E-state index contributed by atoms with van der Waals surface area (Å²) in [5.74, 6) is 0.632. The van der Waals surface area contributed by atoms with Crippen molar-refractivity contribution in [3.05, 3.63) is 16.6 Å². The molecule has 5 nitrogen and oxygen atoms in total. The number of hydrogen-bond acceptors (Lipinski definition) is 5. The molecule has 0 bridgehead atoms. The minimum atomic E-state index is -0.244. The first kappa shape index (κ1) is 17.9. The van der Waals surface area contributed by atoms with Gasteiger partial charge in [0.15, 0.2) is 5.78 Å². The predicted octanol–water partition coefficient (Wildman–Crippen LogP) is 4.19. The highest BCUT2D eigenvalue weighted by atomic mass is 16.5. The van der Waals surface area contributed by atoms with Crippen molar-refractivity contribution in [2.24, 2.45) is 33.8 Å². The van der Waals surface area contributed by atoms with Crippen LogP contribution in [0.2, 0.25) is 0 Å². The van der Waals surface area contributed by atoms with Gasteiger partial charge in [-0.25, -0.2) is 0 Å². The zero-order chi connectivity index (χ0) is 18.7. The molecule has 0 amide bonds. The lowest BCUT2D eigenvalue weighted by Crippen LogP contribution is -2.54. The van der Waals surface area contributed by atoms with Gasteiger partial charge in [-0.1, -0.05) is 24.6 Å². The number of esters is 1. The highest BCUT2D eigenvalue weighted by Crippen LogP contribution is 2.64. The summed E-state index contributed by atoms with van der Waals surface area (Å²) in [6.07, 6.45) is 8.02. The van der Waals surface area contributed by atoms with Crippen molar-refractivity contribution < 1.29 is 14.3 Å². The Morgan fingerprint density at radius 3 is 2.62 bits per heavy atom. The summed E-state index contributed by atoms with van der Waals surface area (Å²) in [5, 5.41) is 3.42. The maximum absolute atomic E-state index is 13.1. The molecule has 5 heteroatoms. The minimum Gasteiger partial charge on any atom is -0.462 e. The van der Waals surface area contributed by atoms with E-state index in [1.54, 1.807) is 0 Å². The SMILES string of the molecule is CC(=O)O[C@H]1CC[C@@]2(C)C(=CC(=O)C3C4CCC(N=O)[C@@]4(C)CCC32)C1. The number of ether oxygens (including phenoxy) is 1. The Morgan fingerprint density at radius 1 is 1.15 bits per heavy atom. The Kier molecular flexibility index (Phi) is 4.12. The molecule has 0 N–H and O–H groups in total. The minimum absolute atomic E-state index is 0.0171. The number of carbonyl (C=O) groups is 2. The zero-order valence-corrected chi connectivity index (χ0v) is 16.0. The van der Waals surface area contributed by atoms with E-state index in [4.69, 9.17) is 4.74 Å². The third-order valence-electron chi connectivity index (χ3n) is 8.31. The quantitative estimate of drug-likeness (QED) is 0.547. The first-order valence-corrected chi connectivity index (χ1v) is 10.0. The third kappa shape index (κ3) is 2.42. The maximum Gasteiger partial charge on any atom is 0.302 e. The highest BCUT2D eigenvalue weighted by molar-refractivity contribution is 5.94. The van der Waals surface area contributed by atoms with Crippen LogP contribution in [0, 0.1) is 33.5 Å². The van der Waals surface area contributed by atoms with Gasteiger partial charge in [-0.15, -0.1) is 0 Å². The molecule has 3 fully saturated rings. The average molecular weight is 359 g/mol. The standard InChI is InChI=1S/C21H29NO4/c1-12(23)26-14-6-8-20(2)13(10-14)11-17(24)19-15-4-5-18(22-25)21(15,3)9-7-16(19)20/h11,14-16,18-19H,4-10H2,1-3H3/t14-,15?,16?,18?,19?,20-,21-/m0/s1. The first-order chi connectivity index (χ1) is 12.3. The number of nitroso groups, excluding NO2 is 1. The summed E-state index contributed by atoms with van der Waals surface area (Å²) in [7, 11) is 0. The van der Waals surface area contributed by atoms with Gasteiger partial charge in [0, 0.05) is 19.3 Å². The summed E-state index contributed by atoms with van der Waals surface area (Å²) < 4.78 is 5.43. The van der Waals surface area contributed by atoms with Gasteiger partial charge in [-0.2, -0.15) is 4.91 Å². The van der Waals surface area contributed by atoms with E-state index < -0.39 is 0 Å². The second-order valence-corrected chi connectivity index (χ2v) is 9.45. The van der Waals surface area contributed by atoms with E-state index in [0.717, 1.165) is 38.5 Å². The molecular weight excluding hydrogens is 330 g/mol. The monoisotopic (exact) mass is 359 g/mol. The van der Waals surface area contributed by atoms with Crippen LogP contribution < -0.4 is 0 Å². The van der Waals surface area contributed by atoms with Crippen LogP contribution >= 0.6 is 0 Å². The number of ketones is 1. The van der Waals surface area contributed by atoms with Gasteiger partial charge in [-0.05, 0) is 67.3 Å². The fourth-order valence-electron chi connectivity index (χ4n) is 6.85. The summed E-state index contributed by atoms with van der Waals surface area (Å²) in [6, 6.07) is -0.140. The van der Waals surface area contributed by atoms with E-state index in [1.807, 2.05) is 6.08 Å². The fourth-order valence-corrected chi connectivity index (χ4v) is 6.85. The van der Waals surface area contributed by atoms with Crippen LogP contribution in [-0.2, 0) is 14.3 Å². The largest absolute Gasteiger partial charge is 0.462 e. The molecule has 4 aliphatic carbocycles. The van der Waals surface area contributed by atoms with Crippen LogP contribution in [0.15, 0.2) is 16.8 Å². The molecular formula is C21H29NO4. The maximum atomic E-state index is 13.1. The molecule has 0 aromatic heterocycles. The van der Waals surface area contributed by atoms with Gasteiger partial charge < -0.3 is 4.74 Å². The van der Waals surface area contributed by atoms with E-state index in [0.29, 0.717) is 12.3 Å². The van der Waals surface area contributed by atoms with Crippen LogP contribution in [0.4, 0.5) is 0 Å². The van der Waals surface area contributed by atoms with E-state index in [1.165, 1.54) is 12.5 Å². The number of fused-ring (bicyclic) bond motifs is 5. The van der Waals surface area contributed by atoms with Crippen molar-refractivity contribution in [2.45, 2.75) is 77.9 Å². The Hall–Kier alpha value is -1.52. The van der Waals surface area contributed by atoms with E-state index >= 15 is 0 Å². The van der Waals surface area contributed by atoms with Gasteiger partial charge in [0.1, 0.15) is 6.10 Å². The lowest BCUT2D eigenvalue weighted by atomic mass is 9.47. The molecule has 0 aromatic carbocycles. The van der Waals surface area contributed by atoms with E-state index in [-0.39, 0.29) is 46.6 Å². The lowest BCUT2D eigenvalue weighted by Gasteiger charge is -2.56. The molecule has 26 heavy (non-hydrogen) atoms. The summed E-state index contributed by atoms with van der Waals surface area (Å²) in [5.41, 5.74) is 1.08. The Bertz CT molecular complexity index is 685. The molecule has 3 saturated carbocycles. The molecule has 0 aliphatic heterocycles. The van der Waals surface area contributed by atoms with Crippen molar-refractivity contribution in [2.75, 3.05) is 0 Å². The zero-order valence-electron chi connectivity index (χ0n) is 16.0. The number of rotatable bonds is 2. The van der Waals surface area contributed by atoms with Gasteiger partial charge >= 0.3 is 5.97 Å². The van der Waals surface area contributed by atoms with Crippen molar-refractivity contribution in [1.82, 2.24) is 0 Å². The van der Waals surface area contributed by atoms with Crippen LogP contribution in [0.5, 0.6) is 0 Å². The first-order valence-electron chi connectivity index (χ1n) is 10.0. The Morgan fingerprint density at radius 2 is 1.92 bits per heavy atom. The van der Waals surface area contributed by atoms with Gasteiger partial charge in [0.2, 0.25) is 0 Å². The van der Waals surface area contributed by atoms with E-state index in [9.17, 15) is 14.5 Å². The summed E-state index contributed by atoms with van der Waals surface area (Å²) in [6.45, 7) is 5.93. The lowest BCUT2D eigenvalue weighted by molar-refractivity contribution is -0.149. The number of carbonyl (C=O) groups excluding carboxylic acids is 2. The third-order valence-corrected chi connectivity index (χ3v) is 8.31. The Balaban J connectivity index is 1.65. The number of hydrogen-bond donors (Lipinski definition) is 0. The topological polar surface area (TPSA) is 72.8 Å². The smallest absolute Gasteiger partial charge is 0.302 e. The second kappa shape index (κ2) is 6.00. The molecule has 0 heterocycles. The summed E-state index contributed by atoms with van der Waals surface area (Å²) in [4.78, 5) is 35.8. The molecule has 4 aliphatic rings. The molecule has 142 valence electrons. The molecule has 0 radical (unpaired) electrons. The van der Waals surface area contributed by atoms with Gasteiger partial charge in [0.05, 0.1) is 6.04 Å². The predicted molar refractivity (Wildman–Crippen MR) is 97.2 cm³/mol. The Labute approximate surface area is 154 Å². The fraction of sp³-hybridized carbons (Fsp3) is 0.810. The van der Waals surface area contributed by atoms with Crippen LogP contribution in [0.25, 0.3) is 0 Å². The molecule has 4 unspecified atom stereocenters. The average Bonchev–Trinajstić information content (AvgIpc) is 2.92. The molecule has 7 atom stereocenters. The van der Waals surface area contributed by atoms with Crippen molar-refractivity contribution in [1.29, 1.82) is 0 Å². The molecule has 0 saturated heterocycles. The normalized spacial score (nSPS) is 47.3. The van der Waals surface area contributed by atoms with Gasteiger partial charge in [-0.3, -0.25) is 9.59 Å². The van der Waals surface area contributed by atoms with Crippen LogP contribution in [-0.4, -0.2) is 23.9 Å². The number of nitrogens with zero attached hydrogens (tertiary/aromatic N) is 1. The highest BCUT2D eigenvalue weighted by Gasteiger charge is 2.61. The summed E-state index contributed by atoms with van der Waals surface area (Å²) >= 11 is 0. The number of allylic oxidation sites excluding steroid dienone is 1. The van der Waals surface area contributed by atoms with Crippen molar-refractivity contribution in [3.8, 4) is 0 Å². The van der Waals surface area contributed by atoms with Crippen LogP contribution in [0.3, 0.4) is 0 Å². The molecule has 0 aromatic rings. The molecule has 0 spiro atoms. The van der Waals surface area contributed by atoms with Crippen LogP contribution in [0.1, 0.15) is 65.7 Å².